The Balaban J connectivity index is 4.14. The molecule has 0 aliphatic rings. The van der Waals surface area contributed by atoms with Gasteiger partial charge in [-0.1, -0.05) is 155 Å². The number of ether oxygens (including phenoxy) is 7. The van der Waals surface area contributed by atoms with E-state index in [0.29, 0.717) is 39.6 Å². The number of hydrogen-bond acceptors (Lipinski definition) is 9. The van der Waals surface area contributed by atoms with Crippen LogP contribution in [0.3, 0.4) is 0 Å². The summed E-state index contributed by atoms with van der Waals surface area (Å²) in [5, 5.41) is 0. The minimum absolute atomic E-state index is 0.0474. The molecule has 0 aliphatic heterocycles. The van der Waals surface area contributed by atoms with Crippen molar-refractivity contribution in [3.63, 3.8) is 0 Å². The van der Waals surface area contributed by atoms with Crippen molar-refractivity contribution in [2.45, 2.75) is 180 Å². The van der Waals surface area contributed by atoms with Crippen LogP contribution in [0.1, 0.15) is 174 Å². The zero-order valence-corrected chi connectivity index (χ0v) is 32.3. The lowest BCUT2D eigenvalue weighted by atomic mass is 10.1. The van der Waals surface area contributed by atoms with Crippen molar-refractivity contribution in [2.24, 2.45) is 0 Å². The molecule has 0 aromatic heterocycles. The fraction of sp³-hybridized carbons (Fsp3) is 0.950. The maximum absolute atomic E-state index is 12.2. The van der Waals surface area contributed by atoms with Crippen molar-refractivity contribution >= 4 is 12.1 Å². The smallest absolute Gasteiger partial charge is 0.463 e. The van der Waals surface area contributed by atoms with Gasteiger partial charge in [-0.15, -0.1) is 0 Å². The predicted octanol–water partition coefficient (Wildman–Crippen LogP) is 10.5. The molecule has 9 nitrogen and oxygen atoms in total. The van der Waals surface area contributed by atoms with E-state index in [1.54, 1.807) is 7.11 Å². The van der Waals surface area contributed by atoms with E-state index in [0.717, 1.165) is 19.3 Å². The van der Waals surface area contributed by atoms with E-state index < -0.39 is 12.1 Å². The fourth-order valence-corrected chi connectivity index (χ4v) is 5.55. The zero-order valence-electron chi connectivity index (χ0n) is 32.3. The molecule has 0 saturated heterocycles. The first-order valence-electron chi connectivity index (χ1n) is 20.3. The molecular weight excluding hydrogens is 624 g/mol. The summed E-state index contributed by atoms with van der Waals surface area (Å²) in [5.41, 5.74) is 0. The molecule has 1 atom stereocenters. The molecule has 0 unspecified atom stereocenters. The Kier molecular flexibility index (Phi) is 39.8. The lowest BCUT2D eigenvalue weighted by Crippen LogP contribution is -2.28. The second kappa shape index (κ2) is 41.0. The van der Waals surface area contributed by atoms with Gasteiger partial charge in [0, 0.05) is 20.3 Å². The average molecular weight is 703 g/mol. The molecule has 0 N–H and O–H groups in total. The lowest BCUT2D eigenvalue weighted by Gasteiger charge is -2.18. The zero-order chi connectivity index (χ0) is 35.7. The number of rotatable bonds is 40. The Bertz CT molecular complexity index is 676. The highest BCUT2D eigenvalue weighted by Gasteiger charge is 2.15. The highest BCUT2D eigenvalue weighted by molar-refractivity contribution is 5.70. The molecule has 0 rings (SSSR count). The molecule has 0 saturated carbocycles. The number of unbranched alkanes of at least 4 members (excludes halogenated alkanes) is 22. The molecule has 0 radical (unpaired) electrons. The van der Waals surface area contributed by atoms with Crippen LogP contribution < -0.4 is 0 Å². The van der Waals surface area contributed by atoms with E-state index in [-0.39, 0.29) is 32.3 Å². The molecule has 0 fully saturated rings. The molecule has 0 spiro atoms. The van der Waals surface area contributed by atoms with Crippen molar-refractivity contribution in [1.82, 2.24) is 0 Å². The molecule has 0 heterocycles. The van der Waals surface area contributed by atoms with Crippen LogP contribution in [-0.2, 0) is 38.0 Å². The molecular formula is C40H78O9. The van der Waals surface area contributed by atoms with Crippen molar-refractivity contribution < 1.29 is 42.7 Å². The van der Waals surface area contributed by atoms with E-state index in [4.69, 9.17) is 33.2 Å². The standard InChI is InChI=1S/C40H78O9/c1-4-6-8-10-12-14-16-18-20-22-24-26-29-45-36-38(46-30-27-25-23-21-19-17-15-13-11-9-7-5-2)37-49-40(42)48-31-28-39(41)47-35-34-44-33-32-43-3/h38H,4-37H2,1-3H3/t38-/m0/s1. The summed E-state index contributed by atoms with van der Waals surface area (Å²) in [4.78, 5) is 24.0. The highest BCUT2D eigenvalue weighted by atomic mass is 16.7. The Morgan fingerprint density at radius 1 is 0.429 bits per heavy atom. The summed E-state index contributed by atoms with van der Waals surface area (Å²) >= 11 is 0. The van der Waals surface area contributed by atoms with Crippen molar-refractivity contribution in [2.75, 3.05) is 66.6 Å². The van der Waals surface area contributed by atoms with Crippen LogP contribution in [0.25, 0.3) is 0 Å². The monoisotopic (exact) mass is 703 g/mol. The quantitative estimate of drug-likeness (QED) is 0.0456. The predicted molar refractivity (Wildman–Crippen MR) is 198 cm³/mol. The number of hydrogen-bond donors (Lipinski definition) is 0. The molecule has 0 aromatic rings. The molecule has 0 amide bonds. The van der Waals surface area contributed by atoms with Gasteiger partial charge in [-0.2, -0.15) is 0 Å². The first-order valence-corrected chi connectivity index (χ1v) is 20.3. The van der Waals surface area contributed by atoms with Crippen LogP contribution >= 0.6 is 0 Å². The third kappa shape index (κ3) is 39.2. The van der Waals surface area contributed by atoms with Crippen LogP contribution in [0, 0.1) is 0 Å². The average Bonchev–Trinajstić information content (AvgIpc) is 3.10. The number of carbonyl (C=O) groups is 2. The second-order valence-corrected chi connectivity index (χ2v) is 13.3. The Labute approximate surface area is 301 Å². The summed E-state index contributed by atoms with van der Waals surface area (Å²) in [6, 6.07) is 0. The van der Waals surface area contributed by atoms with Gasteiger partial charge in [0.2, 0.25) is 0 Å². The van der Waals surface area contributed by atoms with Crippen molar-refractivity contribution in [3.8, 4) is 0 Å². The molecule has 292 valence electrons. The maximum atomic E-state index is 12.2. The maximum Gasteiger partial charge on any atom is 0.508 e. The minimum atomic E-state index is -0.823. The van der Waals surface area contributed by atoms with Crippen molar-refractivity contribution in [1.29, 1.82) is 0 Å². The van der Waals surface area contributed by atoms with Gasteiger partial charge in [-0.25, -0.2) is 4.79 Å². The molecule has 49 heavy (non-hydrogen) atoms. The molecule has 0 aliphatic carbocycles. The Hall–Kier alpha value is -1.42. The summed E-state index contributed by atoms with van der Waals surface area (Å²) in [5.74, 6) is -0.460. The van der Waals surface area contributed by atoms with E-state index >= 15 is 0 Å². The van der Waals surface area contributed by atoms with Gasteiger partial charge in [-0.05, 0) is 12.8 Å². The lowest BCUT2D eigenvalue weighted by molar-refractivity contribution is -0.146. The van der Waals surface area contributed by atoms with Gasteiger partial charge in [0.15, 0.2) is 0 Å². The molecule has 0 bridgehead atoms. The van der Waals surface area contributed by atoms with E-state index in [9.17, 15) is 9.59 Å². The van der Waals surface area contributed by atoms with Crippen LogP contribution in [-0.4, -0.2) is 84.8 Å². The van der Waals surface area contributed by atoms with E-state index in [2.05, 4.69) is 13.8 Å². The normalized spacial score (nSPS) is 11.9. The van der Waals surface area contributed by atoms with Gasteiger partial charge < -0.3 is 33.2 Å². The van der Waals surface area contributed by atoms with E-state index in [1.165, 1.54) is 135 Å². The van der Waals surface area contributed by atoms with E-state index in [1.807, 2.05) is 0 Å². The summed E-state index contributed by atoms with van der Waals surface area (Å²) in [6.07, 6.45) is 30.0. The Morgan fingerprint density at radius 3 is 1.41 bits per heavy atom. The van der Waals surface area contributed by atoms with Gasteiger partial charge in [0.1, 0.15) is 25.9 Å². The number of esters is 1. The van der Waals surface area contributed by atoms with Gasteiger partial charge >= 0.3 is 12.1 Å². The van der Waals surface area contributed by atoms with Gasteiger partial charge in [0.25, 0.3) is 0 Å². The third-order valence-corrected chi connectivity index (χ3v) is 8.63. The highest BCUT2D eigenvalue weighted by Crippen LogP contribution is 2.14. The molecule has 9 heteroatoms. The molecule has 0 aromatic carbocycles. The van der Waals surface area contributed by atoms with Crippen LogP contribution in [0.2, 0.25) is 0 Å². The third-order valence-electron chi connectivity index (χ3n) is 8.63. The minimum Gasteiger partial charge on any atom is -0.463 e. The van der Waals surface area contributed by atoms with Crippen LogP contribution in [0.5, 0.6) is 0 Å². The summed E-state index contributed by atoms with van der Waals surface area (Å²) in [6.45, 7) is 7.51. The van der Waals surface area contributed by atoms with Crippen molar-refractivity contribution in [3.05, 3.63) is 0 Å². The Morgan fingerprint density at radius 2 is 0.898 bits per heavy atom. The summed E-state index contributed by atoms with van der Waals surface area (Å²) < 4.78 is 37.6. The fourth-order valence-electron chi connectivity index (χ4n) is 5.55. The first-order chi connectivity index (χ1) is 24.1. The first kappa shape index (κ1) is 47.6. The summed E-state index contributed by atoms with van der Waals surface area (Å²) in [7, 11) is 1.59. The SMILES string of the molecule is CCCCCCCCCCCCCCOC[C@@H](COC(=O)OCCC(=O)OCCOCCOC)OCCCCCCCCCCCCCC. The topological polar surface area (TPSA) is 98.8 Å². The largest absolute Gasteiger partial charge is 0.508 e. The van der Waals surface area contributed by atoms with Crippen LogP contribution in [0.4, 0.5) is 4.79 Å². The van der Waals surface area contributed by atoms with Gasteiger partial charge in [0.05, 0.1) is 32.8 Å². The number of methoxy groups -OCH3 is 1. The van der Waals surface area contributed by atoms with Crippen LogP contribution in [0.15, 0.2) is 0 Å². The second-order valence-electron chi connectivity index (χ2n) is 13.3. The van der Waals surface area contributed by atoms with Gasteiger partial charge in [-0.3, -0.25) is 4.79 Å². The number of carbonyl (C=O) groups excluding carboxylic acids is 2.